The molecule has 3 rings (SSSR count). The van der Waals surface area contributed by atoms with E-state index in [1.54, 1.807) is 19.1 Å². The van der Waals surface area contributed by atoms with Crippen LogP contribution >= 0.6 is 0 Å². The summed E-state index contributed by atoms with van der Waals surface area (Å²) in [4.78, 5) is 1.58. The Hall–Kier alpha value is -2.04. The Morgan fingerprint density at radius 2 is 1.83 bits per heavy atom. The molecule has 1 heterocycles. The maximum Gasteiger partial charge on any atom is 0.163 e. The quantitative estimate of drug-likeness (QED) is 0.858. The summed E-state index contributed by atoms with van der Waals surface area (Å²) >= 11 is 0. The Morgan fingerprint density at radius 3 is 2.50 bits per heavy atom. The highest BCUT2D eigenvalue weighted by atomic mass is 16.5. The lowest BCUT2D eigenvalue weighted by Gasteiger charge is -2.33. The fourth-order valence-corrected chi connectivity index (χ4v) is 3.79. The third kappa shape index (κ3) is 3.12. The number of aryl methyl sites for hydroxylation is 1. The minimum atomic E-state index is 0.396. The highest BCUT2D eigenvalue weighted by Crippen LogP contribution is 2.33. The van der Waals surface area contributed by atoms with Crippen molar-refractivity contribution in [2.45, 2.75) is 25.9 Å². The van der Waals surface area contributed by atoms with Crippen molar-refractivity contribution in [1.29, 1.82) is 0 Å². The summed E-state index contributed by atoms with van der Waals surface area (Å²) < 4.78 is 11.0. The Kier molecular flexibility index (Phi) is 5.07. The molecule has 128 valence electrons. The van der Waals surface area contributed by atoms with Gasteiger partial charge < -0.3 is 20.1 Å². The average molecular weight is 328 g/mol. The van der Waals surface area contributed by atoms with Crippen LogP contribution < -0.4 is 20.1 Å². The fourth-order valence-electron chi connectivity index (χ4n) is 3.79. The van der Waals surface area contributed by atoms with Crippen molar-refractivity contribution in [2.24, 2.45) is 0 Å². The van der Waals surface area contributed by atoms with Gasteiger partial charge in [0.05, 0.1) is 20.8 Å². The van der Waals surface area contributed by atoms with Crippen molar-refractivity contribution in [3.05, 3.63) is 58.7 Å². The standard InChI is InChI=1S/C20H26N2O2/c1-14-6-4-5-7-16(14)13-22-9-8-15-10-19(23-2)20(24-3)11-17(15)18(22)12-21/h4-7,10-11,18H,8-9,12-13,21H2,1-3H3/p+2/t18-/m0/s1. The Balaban J connectivity index is 1.93. The minimum Gasteiger partial charge on any atom is -0.493 e. The van der Waals surface area contributed by atoms with Gasteiger partial charge in [-0.15, -0.1) is 0 Å². The first-order chi connectivity index (χ1) is 11.7. The maximum absolute atomic E-state index is 5.51. The number of hydrogen-bond acceptors (Lipinski definition) is 2. The monoisotopic (exact) mass is 328 g/mol. The summed E-state index contributed by atoms with van der Waals surface area (Å²) in [6, 6.07) is 13.4. The van der Waals surface area contributed by atoms with E-state index in [2.05, 4.69) is 49.1 Å². The van der Waals surface area contributed by atoms with Crippen molar-refractivity contribution in [3.63, 3.8) is 0 Å². The van der Waals surface area contributed by atoms with Gasteiger partial charge >= 0.3 is 0 Å². The van der Waals surface area contributed by atoms with Crippen LogP contribution in [0, 0.1) is 6.92 Å². The number of nitrogens with one attached hydrogen (secondary N) is 1. The van der Waals surface area contributed by atoms with Crippen molar-refractivity contribution in [3.8, 4) is 11.5 Å². The van der Waals surface area contributed by atoms with E-state index in [1.807, 2.05) is 0 Å². The third-order valence-corrected chi connectivity index (χ3v) is 5.20. The Labute approximate surface area is 144 Å². The minimum absolute atomic E-state index is 0.396. The summed E-state index contributed by atoms with van der Waals surface area (Å²) in [5, 5.41) is 0. The number of benzene rings is 2. The molecular formula is C20H28N2O2+2. The van der Waals surface area contributed by atoms with E-state index < -0.39 is 0 Å². The van der Waals surface area contributed by atoms with Gasteiger partial charge in [0.1, 0.15) is 13.1 Å². The molecule has 1 aliphatic rings. The van der Waals surface area contributed by atoms with Crippen LogP contribution in [0.5, 0.6) is 11.5 Å². The molecule has 24 heavy (non-hydrogen) atoms. The molecule has 1 unspecified atom stereocenters. The molecule has 4 N–H and O–H groups in total. The van der Waals surface area contributed by atoms with E-state index in [1.165, 1.54) is 22.3 Å². The molecule has 4 heteroatoms. The van der Waals surface area contributed by atoms with Gasteiger partial charge in [-0.25, -0.2) is 0 Å². The molecule has 2 aromatic rings. The number of fused-ring (bicyclic) bond motifs is 1. The molecule has 4 nitrogen and oxygen atoms in total. The molecule has 0 fully saturated rings. The van der Waals surface area contributed by atoms with Gasteiger partial charge in [0.15, 0.2) is 17.5 Å². The van der Waals surface area contributed by atoms with Crippen LogP contribution in [0.4, 0.5) is 0 Å². The van der Waals surface area contributed by atoms with Crippen molar-refractivity contribution in [2.75, 3.05) is 27.3 Å². The second-order valence-electron chi connectivity index (χ2n) is 6.51. The van der Waals surface area contributed by atoms with Crippen LogP contribution in [0.15, 0.2) is 36.4 Å². The van der Waals surface area contributed by atoms with Crippen LogP contribution in [-0.4, -0.2) is 27.3 Å². The molecule has 0 saturated heterocycles. The molecule has 0 aromatic heterocycles. The van der Waals surface area contributed by atoms with E-state index >= 15 is 0 Å². The van der Waals surface area contributed by atoms with Gasteiger partial charge in [0.25, 0.3) is 0 Å². The van der Waals surface area contributed by atoms with E-state index in [0.29, 0.717) is 6.04 Å². The van der Waals surface area contributed by atoms with Gasteiger partial charge in [-0.1, -0.05) is 24.3 Å². The van der Waals surface area contributed by atoms with Gasteiger partial charge in [0.2, 0.25) is 0 Å². The molecule has 0 radical (unpaired) electrons. The van der Waals surface area contributed by atoms with Gasteiger partial charge in [-0.05, 0) is 30.2 Å². The molecule has 0 aliphatic carbocycles. The van der Waals surface area contributed by atoms with Crippen LogP contribution in [0.3, 0.4) is 0 Å². The Bertz CT molecular complexity index is 715. The lowest BCUT2D eigenvalue weighted by Crippen LogP contribution is -3.13. The van der Waals surface area contributed by atoms with E-state index in [0.717, 1.165) is 37.6 Å². The van der Waals surface area contributed by atoms with Crippen LogP contribution in [0.1, 0.15) is 28.3 Å². The van der Waals surface area contributed by atoms with Crippen molar-refractivity contribution < 1.29 is 20.1 Å². The summed E-state index contributed by atoms with van der Waals surface area (Å²) in [5.74, 6) is 1.63. The first kappa shape index (κ1) is 16.8. The summed E-state index contributed by atoms with van der Waals surface area (Å²) in [7, 11) is 3.39. The first-order valence-corrected chi connectivity index (χ1v) is 8.61. The number of hydrogen-bond donors (Lipinski definition) is 2. The first-order valence-electron chi connectivity index (χ1n) is 8.61. The molecule has 0 amide bonds. The van der Waals surface area contributed by atoms with Crippen molar-refractivity contribution >= 4 is 0 Å². The molecule has 0 bridgehead atoms. The number of methoxy groups -OCH3 is 2. The Morgan fingerprint density at radius 1 is 1.12 bits per heavy atom. The predicted octanol–water partition coefficient (Wildman–Crippen LogP) is 0.936. The highest BCUT2D eigenvalue weighted by molar-refractivity contribution is 5.48. The topological polar surface area (TPSA) is 50.5 Å². The molecule has 0 saturated carbocycles. The zero-order chi connectivity index (χ0) is 17.1. The summed E-state index contributed by atoms with van der Waals surface area (Å²) in [5.41, 5.74) is 9.75. The number of quaternary nitrogens is 2. The van der Waals surface area contributed by atoms with E-state index in [4.69, 9.17) is 9.47 Å². The third-order valence-electron chi connectivity index (χ3n) is 5.20. The smallest absolute Gasteiger partial charge is 0.163 e. The lowest BCUT2D eigenvalue weighted by atomic mass is 9.91. The largest absolute Gasteiger partial charge is 0.493 e. The van der Waals surface area contributed by atoms with E-state index in [-0.39, 0.29) is 0 Å². The molecule has 1 aliphatic heterocycles. The number of ether oxygens (including phenoxy) is 2. The van der Waals surface area contributed by atoms with E-state index in [9.17, 15) is 0 Å². The van der Waals surface area contributed by atoms with Crippen LogP contribution in [-0.2, 0) is 13.0 Å². The maximum atomic E-state index is 5.51. The zero-order valence-corrected chi connectivity index (χ0v) is 14.9. The van der Waals surface area contributed by atoms with Gasteiger partial charge in [0, 0.05) is 17.5 Å². The highest BCUT2D eigenvalue weighted by Gasteiger charge is 2.33. The lowest BCUT2D eigenvalue weighted by molar-refractivity contribution is -0.952. The van der Waals surface area contributed by atoms with Gasteiger partial charge in [-0.2, -0.15) is 0 Å². The summed E-state index contributed by atoms with van der Waals surface area (Å²) in [6.07, 6.45) is 1.06. The SMILES string of the molecule is COc1cc2c(cc1OC)[C@H](C[NH3+])[NH+](Cc1ccccc1C)CC2. The average Bonchev–Trinajstić information content (AvgIpc) is 2.62. The van der Waals surface area contributed by atoms with Crippen LogP contribution in [0.2, 0.25) is 0 Å². The normalized spacial score (nSPS) is 19.7. The fraction of sp³-hybridized carbons (Fsp3) is 0.400. The number of rotatable bonds is 5. The van der Waals surface area contributed by atoms with Crippen molar-refractivity contribution in [1.82, 2.24) is 0 Å². The molecule has 0 spiro atoms. The summed E-state index contributed by atoms with van der Waals surface area (Å²) in [6.45, 7) is 5.24. The second-order valence-corrected chi connectivity index (χ2v) is 6.51. The zero-order valence-electron chi connectivity index (χ0n) is 14.9. The molecule has 2 atom stereocenters. The predicted molar refractivity (Wildman–Crippen MR) is 94.5 cm³/mol. The second kappa shape index (κ2) is 7.24. The molecular weight excluding hydrogens is 300 g/mol. The molecule has 2 aromatic carbocycles. The van der Waals surface area contributed by atoms with Crippen LogP contribution in [0.25, 0.3) is 0 Å². The van der Waals surface area contributed by atoms with Gasteiger partial charge in [-0.3, -0.25) is 0 Å².